The predicted octanol–water partition coefficient (Wildman–Crippen LogP) is 3.72. The van der Waals surface area contributed by atoms with Crippen LogP contribution in [0.1, 0.15) is 13.8 Å². The van der Waals surface area contributed by atoms with Gasteiger partial charge in [0.2, 0.25) is 0 Å². The summed E-state index contributed by atoms with van der Waals surface area (Å²) in [5.41, 5.74) is 0. The van der Waals surface area contributed by atoms with E-state index in [0.717, 1.165) is 0 Å². The molecule has 0 amide bonds. The van der Waals surface area contributed by atoms with Crippen LogP contribution in [-0.4, -0.2) is 26.6 Å². The van der Waals surface area contributed by atoms with Crippen LogP contribution in [0.15, 0.2) is 0 Å². The number of rotatable bonds is 1. The fraction of sp³-hybridized carbons (Fsp3) is 0.833. The van der Waals surface area contributed by atoms with Gasteiger partial charge in [0.05, 0.1) is 6.61 Å². The van der Waals surface area contributed by atoms with Crippen LogP contribution in [0.25, 0.3) is 0 Å². The minimum absolute atomic E-state index is 0. The van der Waals surface area contributed by atoms with E-state index >= 15 is 0 Å². The standard InChI is InChI=1S/C4H8O2.2CHCl3.H2O/c1-3-6-4(2)5;2*2-1(3)4;/h3H2,1-2H3;2*1H;1H2. The fourth-order valence-electron chi connectivity index (χ4n) is 0.203. The molecule has 9 heteroatoms. The van der Waals surface area contributed by atoms with Crippen molar-refractivity contribution < 1.29 is 15.0 Å². The number of alkyl halides is 6. The second kappa shape index (κ2) is 20.6. The van der Waals surface area contributed by atoms with Crippen LogP contribution in [-0.2, 0) is 9.53 Å². The van der Waals surface area contributed by atoms with E-state index in [1.165, 1.54) is 6.92 Å². The topological polar surface area (TPSA) is 57.8 Å². The van der Waals surface area contributed by atoms with Crippen LogP contribution in [0.2, 0.25) is 0 Å². The highest BCUT2D eigenvalue weighted by molar-refractivity contribution is 6.63. The Hall–Kier alpha value is 1.17. The van der Waals surface area contributed by atoms with Gasteiger partial charge in [0.15, 0.2) is 8.59 Å². The minimum atomic E-state index is -0.750. The molecule has 2 N–H and O–H groups in total. The Morgan fingerprint density at radius 3 is 1.27 bits per heavy atom. The molecule has 0 rings (SSSR count). The van der Waals surface area contributed by atoms with Gasteiger partial charge in [-0.15, -0.1) is 0 Å². The molecule has 0 radical (unpaired) electrons. The molecule has 3 nitrogen and oxygen atoms in total. The Kier molecular flexibility index (Phi) is 34.4. The first-order valence-electron chi connectivity index (χ1n) is 3.21. The molecule has 0 spiro atoms. The second-order valence-electron chi connectivity index (χ2n) is 1.42. The van der Waals surface area contributed by atoms with E-state index in [1.807, 2.05) is 0 Å². The molecule has 15 heavy (non-hydrogen) atoms. The van der Waals surface area contributed by atoms with Crippen molar-refractivity contribution in [1.29, 1.82) is 0 Å². The molecule has 0 saturated heterocycles. The summed E-state index contributed by atoms with van der Waals surface area (Å²) in [6, 6.07) is 0. The smallest absolute Gasteiger partial charge is 0.302 e. The van der Waals surface area contributed by atoms with Gasteiger partial charge in [0.1, 0.15) is 0 Å². The average Bonchev–Trinajstić information content (AvgIpc) is 1.82. The number of esters is 1. The lowest BCUT2D eigenvalue weighted by atomic mass is 10.8. The predicted molar refractivity (Wildman–Crippen MR) is 68.6 cm³/mol. The molecule has 0 aromatic rings. The van der Waals surface area contributed by atoms with Gasteiger partial charge in [-0.25, -0.2) is 0 Å². The zero-order chi connectivity index (χ0) is 12.1. The molecule has 0 fully saturated rings. The molecule has 0 atom stereocenters. The number of halogens is 6. The van der Waals surface area contributed by atoms with Crippen molar-refractivity contribution in [2.45, 2.75) is 22.4 Å². The van der Waals surface area contributed by atoms with E-state index < -0.39 is 8.59 Å². The van der Waals surface area contributed by atoms with E-state index in [0.29, 0.717) is 6.61 Å². The van der Waals surface area contributed by atoms with Crippen molar-refractivity contribution in [1.82, 2.24) is 0 Å². The molecule has 96 valence electrons. The lowest BCUT2D eigenvalue weighted by Crippen LogP contribution is -1.95. The van der Waals surface area contributed by atoms with Crippen molar-refractivity contribution >= 4 is 75.6 Å². The minimum Gasteiger partial charge on any atom is -0.466 e. The Morgan fingerprint density at radius 1 is 1.07 bits per heavy atom. The summed E-state index contributed by atoms with van der Waals surface area (Å²) in [4.78, 5) is 9.82. The van der Waals surface area contributed by atoms with Crippen molar-refractivity contribution in [2.75, 3.05) is 6.61 Å². The van der Waals surface area contributed by atoms with E-state index in [-0.39, 0.29) is 11.4 Å². The van der Waals surface area contributed by atoms with Gasteiger partial charge in [0.25, 0.3) is 0 Å². The third-order valence-corrected chi connectivity index (χ3v) is 0.348. The molecule has 0 aromatic heterocycles. The first-order chi connectivity index (χ1) is 6.23. The Bertz CT molecular complexity index is 110. The van der Waals surface area contributed by atoms with Crippen molar-refractivity contribution in [3.8, 4) is 0 Å². The molecule has 0 bridgehead atoms. The maximum atomic E-state index is 9.82. The highest BCUT2D eigenvalue weighted by Crippen LogP contribution is 2.04. The summed E-state index contributed by atoms with van der Waals surface area (Å²) in [6.07, 6.45) is 0. The van der Waals surface area contributed by atoms with Crippen LogP contribution in [0, 0.1) is 0 Å². The monoisotopic (exact) mass is 342 g/mol. The summed E-state index contributed by atoms with van der Waals surface area (Å²) in [6.45, 7) is 3.65. The van der Waals surface area contributed by atoms with Crippen molar-refractivity contribution in [3.05, 3.63) is 0 Å². The van der Waals surface area contributed by atoms with Gasteiger partial charge in [-0.05, 0) is 6.92 Å². The quantitative estimate of drug-likeness (QED) is 0.537. The average molecular weight is 345 g/mol. The summed E-state index contributed by atoms with van der Waals surface area (Å²) in [7, 11) is 0. The van der Waals surface area contributed by atoms with Crippen LogP contribution in [0.3, 0.4) is 0 Å². The SMILES string of the molecule is CCOC(C)=O.ClC(Cl)Cl.ClC(Cl)Cl.O. The lowest BCUT2D eigenvalue weighted by Gasteiger charge is -1.89. The summed E-state index contributed by atoms with van der Waals surface area (Å²) >= 11 is 28.8. The molecule has 0 aliphatic carbocycles. The molecule has 0 aliphatic rings. The third kappa shape index (κ3) is 151. The normalized spacial score (nSPS) is 7.87. The molecule has 0 aliphatic heterocycles. The summed E-state index contributed by atoms with van der Waals surface area (Å²) in [5.74, 6) is -0.211. The van der Waals surface area contributed by atoms with Gasteiger partial charge in [0, 0.05) is 6.92 Å². The van der Waals surface area contributed by atoms with Crippen molar-refractivity contribution in [3.63, 3.8) is 0 Å². The van der Waals surface area contributed by atoms with E-state index in [1.54, 1.807) is 6.92 Å². The van der Waals surface area contributed by atoms with Gasteiger partial charge >= 0.3 is 5.97 Å². The number of hydrogen-bond acceptors (Lipinski definition) is 2. The zero-order valence-corrected chi connectivity index (χ0v) is 12.5. The van der Waals surface area contributed by atoms with Gasteiger partial charge < -0.3 is 10.2 Å². The molecular formula is C6H12Cl6O3. The summed E-state index contributed by atoms with van der Waals surface area (Å²) in [5, 5.41) is 0. The lowest BCUT2D eigenvalue weighted by molar-refractivity contribution is -0.140. The van der Waals surface area contributed by atoms with Gasteiger partial charge in [-0.1, -0.05) is 69.6 Å². The maximum absolute atomic E-state index is 9.82. The van der Waals surface area contributed by atoms with Gasteiger partial charge in [-0.3, -0.25) is 4.79 Å². The molecule has 0 saturated carbocycles. The highest BCUT2D eigenvalue weighted by Gasteiger charge is 1.81. The number of carbonyl (C=O) groups is 1. The third-order valence-electron chi connectivity index (χ3n) is 0.348. The molecule has 0 aromatic carbocycles. The van der Waals surface area contributed by atoms with Crippen LogP contribution >= 0.6 is 69.6 Å². The first-order valence-corrected chi connectivity index (χ1v) is 5.83. The van der Waals surface area contributed by atoms with Crippen LogP contribution in [0.4, 0.5) is 0 Å². The fourth-order valence-corrected chi connectivity index (χ4v) is 0.203. The van der Waals surface area contributed by atoms with Gasteiger partial charge in [-0.2, -0.15) is 0 Å². The largest absolute Gasteiger partial charge is 0.466 e. The van der Waals surface area contributed by atoms with Crippen LogP contribution in [0.5, 0.6) is 0 Å². The Balaban J connectivity index is -0.0000000606. The van der Waals surface area contributed by atoms with E-state index in [9.17, 15) is 4.79 Å². The van der Waals surface area contributed by atoms with E-state index in [4.69, 9.17) is 69.6 Å². The number of hydrogen-bond donors (Lipinski definition) is 0. The number of carbonyl (C=O) groups excluding carboxylic acids is 1. The van der Waals surface area contributed by atoms with Crippen LogP contribution < -0.4 is 0 Å². The summed E-state index contributed by atoms with van der Waals surface area (Å²) < 4.78 is 2.90. The first kappa shape index (κ1) is 25.1. The molecular weight excluding hydrogens is 333 g/mol. The van der Waals surface area contributed by atoms with E-state index in [2.05, 4.69) is 4.74 Å². The maximum Gasteiger partial charge on any atom is 0.302 e. The molecule has 0 heterocycles. The second-order valence-corrected chi connectivity index (χ2v) is 5.38. The highest BCUT2D eigenvalue weighted by atomic mass is 35.6. The zero-order valence-electron chi connectivity index (χ0n) is 7.95. The number of ether oxygens (including phenoxy) is 1. The Morgan fingerprint density at radius 2 is 1.27 bits per heavy atom. The Labute approximate surface area is 119 Å². The van der Waals surface area contributed by atoms with Crippen molar-refractivity contribution in [2.24, 2.45) is 0 Å². The molecule has 0 unspecified atom stereocenters.